The minimum Gasteiger partial charge on any atom is -0.347 e. The standard InChI is InChI=1S/C13H10N2O/c16-13(10-6-2-1-3-7-10)14-11-8-4-5-9-12(11)15-13/h1-9,16H. The van der Waals surface area contributed by atoms with Crippen molar-refractivity contribution in [3.63, 3.8) is 0 Å². The van der Waals surface area contributed by atoms with E-state index in [2.05, 4.69) is 9.98 Å². The van der Waals surface area contributed by atoms with Gasteiger partial charge in [-0.15, -0.1) is 0 Å². The van der Waals surface area contributed by atoms with E-state index in [0.717, 1.165) is 10.7 Å². The van der Waals surface area contributed by atoms with Gasteiger partial charge in [0.2, 0.25) is 0 Å². The van der Waals surface area contributed by atoms with Gasteiger partial charge in [0.05, 0.1) is 10.7 Å². The lowest BCUT2D eigenvalue weighted by atomic mass is 10.1. The summed E-state index contributed by atoms with van der Waals surface area (Å²) in [7, 11) is 0. The Morgan fingerprint density at radius 2 is 1.25 bits per heavy atom. The van der Waals surface area contributed by atoms with Crippen LogP contribution in [0.4, 0.5) is 0 Å². The Balaban J connectivity index is 2.22. The van der Waals surface area contributed by atoms with Gasteiger partial charge in [-0.25, -0.2) is 9.98 Å². The zero-order valence-corrected chi connectivity index (χ0v) is 8.54. The second kappa shape index (κ2) is 3.25. The van der Waals surface area contributed by atoms with Gasteiger partial charge in [-0.3, -0.25) is 0 Å². The summed E-state index contributed by atoms with van der Waals surface area (Å²) in [5.74, 6) is -1.45. The van der Waals surface area contributed by atoms with Gasteiger partial charge in [0.15, 0.2) is 0 Å². The minimum atomic E-state index is -1.45. The molecule has 3 rings (SSSR count). The zero-order valence-electron chi connectivity index (χ0n) is 8.54. The highest BCUT2D eigenvalue weighted by molar-refractivity contribution is 5.23. The molecule has 16 heavy (non-hydrogen) atoms. The maximum atomic E-state index is 10.4. The highest BCUT2D eigenvalue weighted by atomic mass is 16.3. The minimum absolute atomic E-state index is 0.686. The van der Waals surface area contributed by atoms with Crippen molar-refractivity contribution in [2.45, 2.75) is 5.85 Å². The summed E-state index contributed by atoms with van der Waals surface area (Å²) in [6.45, 7) is 0. The van der Waals surface area contributed by atoms with Crippen molar-refractivity contribution in [1.82, 2.24) is 0 Å². The number of para-hydroxylation sites is 2. The Morgan fingerprint density at radius 3 is 1.81 bits per heavy atom. The molecule has 0 radical (unpaired) electrons. The molecular weight excluding hydrogens is 200 g/mol. The van der Waals surface area contributed by atoms with Crippen LogP contribution in [-0.2, 0) is 5.85 Å². The third-order valence-corrected chi connectivity index (χ3v) is 2.60. The molecule has 0 atom stereocenters. The molecule has 0 fully saturated rings. The number of nitrogens with zero attached hydrogens (tertiary/aromatic N) is 2. The lowest BCUT2D eigenvalue weighted by molar-refractivity contribution is 0.0546. The number of rotatable bonds is 1. The SMILES string of the molecule is OC1(c2ccccc2)N=c2ccccc2=N1. The molecule has 3 nitrogen and oxygen atoms in total. The Bertz CT molecular complexity index is 599. The van der Waals surface area contributed by atoms with Crippen molar-refractivity contribution in [3.8, 4) is 0 Å². The molecule has 1 N–H and O–H groups in total. The topological polar surface area (TPSA) is 45.0 Å². The molecule has 0 saturated heterocycles. The first-order chi connectivity index (χ1) is 7.78. The van der Waals surface area contributed by atoms with Crippen molar-refractivity contribution in [1.29, 1.82) is 0 Å². The first kappa shape index (κ1) is 9.24. The average molecular weight is 210 g/mol. The van der Waals surface area contributed by atoms with Gasteiger partial charge in [0.1, 0.15) is 0 Å². The van der Waals surface area contributed by atoms with Gasteiger partial charge in [0.25, 0.3) is 5.85 Å². The summed E-state index contributed by atoms with van der Waals surface area (Å²) in [6, 6.07) is 16.7. The molecule has 0 aliphatic carbocycles. The van der Waals surface area contributed by atoms with E-state index in [0.29, 0.717) is 5.56 Å². The number of hydrogen-bond donors (Lipinski definition) is 1. The molecule has 0 unspecified atom stereocenters. The van der Waals surface area contributed by atoms with Gasteiger partial charge in [-0.2, -0.15) is 0 Å². The Kier molecular flexibility index (Phi) is 1.88. The largest absolute Gasteiger partial charge is 0.347 e. The van der Waals surface area contributed by atoms with E-state index in [4.69, 9.17) is 0 Å². The van der Waals surface area contributed by atoms with E-state index >= 15 is 0 Å². The molecular formula is C13H10N2O. The Morgan fingerprint density at radius 1 is 0.750 bits per heavy atom. The lowest BCUT2D eigenvalue weighted by Gasteiger charge is -2.15. The van der Waals surface area contributed by atoms with Crippen LogP contribution in [0.5, 0.6) is 0 Å². The van der Waals surface area contributed by atoms with Crippen molar-refractivity contribution in [3.05, 3.63) is 70.9 Å². The van der Waals surface area contributed by atoms with Crippen LogP contribution < -0.4 is 10.7 Å². The highest BCUT2D eigenvalue weighted by Crippen LogP contribution is 2.23. The summed E-state index contributed by atoms with van der Waals surface area (Å²) in [5.41, 5.74) is 0.686. The number of benzene rings is 2. The van der Waals surface area contributed by atoms with Crippen LogP contribution in [0.15, 0.2) is 64.6 Å². The third-order valence-electron chi connectivity index (χ3n) is 2.60. The molecule has 1 aliphatic heterocycles. The normalized spacial score (nSPS) is 16.1. The van der Waals surface area contributed by atoms with Crippen LogP contribution in [0.25, 0.3) is 0 Å². The van der Waals surface area contributed by atoms with Gasteiger partial charge < -0.3 is 5.11 Å². The van der Waals surface area contributed by atoms with E-state index in [1.54, 1.807) is 0 Å². The van der Waals surface area contributed by atoms with Crippen molar-refractivity contribution in [2.24, 2.45) is 9.98 Å². The number of aliphatic hydroxyl groups is 1. The molecule has 0 bridgehead atoms. The van der Waals surface area contributed by atoms with Gasteiger partial charge in [-0.05, 0) is 12.1 Å². The van der Waals surface area contributed by atoms with Crippen LogP contribution in [0.2, 0.25) is 0 Å². The maximum absolute atomic E-state index is 10.4. The predicted molar refractivity (Wildman–Crippen MR) is 59.1 cm³/mol. The summed E-state index contributed by atoms with van der Waals surface area (Å²) in [5, 5.41) is 11.8. The van der Waals surface area contributed by atoms with E-state index < -0.39 is 5.85 Å². The molecule has 2 aromatic rings. The molecule has 2 aromatic carbocycles. The maximum Gasteiger partial charge on any atom is 0.283 e. The van der Waals surface area contributed by atoms with Crippen molar-refractivity contribution >= 4 is 0 Å². The van der Waals surface area contributed by atoms with Gasteiger partial charge in [-0.1, -0.05) is 42.5 Å². The molecule has 0 spiro atoms. The van der Waals surface area contributed by atoms with E-state index in [1.165, 1.54) is 0 Å². The number of fused-ring (bicyclic) bond motifs is 1. The van der Waals surface area contributed by atoms with Crippen LogP contribution in [-0.4, -0.2) is 5.11 Å². The molecule has 0 amide bonds. The third kappa shape index (κ3) is 1.33. The average Bonchev–Trinajstić information content (AvgIpc) is 2.68. The fourth-order valence-corrected chi connectivity index (χ4v) is 1.81. The molecule has 0 aromatic heterocycles. The summed E-state index contributed by atoms with van der Waals surface area (Å²) < 4.78 is 0. The van der Waals surface area contributed by atoms with Crippen LogP contribution in [0.1, 0.15) is 5.56 Å². The zero-order chi connectivity index (χ0) is 11.0. The van der Waals surface area contributed by atoms with Crippen LogP contribution in [0, 0.1) is 0 Å². The highest BCUT2D eigenvalue weighted by Gasteiger charge is 2.29. The summed E-state index contributed by atoms with van der Waals surface area (Å²) in [4.78, 5) is 8.49. The Hall–Kier alpha value is -2.00. The molecule has 3 heteroatoms. The monoisotopic (exact) mass is 210 g/mol. The molecule has 78 valence electrons. The van der Waals surface area contributed by atoms with Crippen LogP contribution >= 0.6 is 0 Å². The second-order valence-electron chi connectivity index (χ2n) is 3.71. The molecule has 1 heterocycles. The number of hydrogen-bond acceptors (Lipinski definition) is 3. The quantitative estimate of drug-likeness (QED) is 0.741. The first-order valence-electron chi connectivity index (χ1n) is 5.11. The predicted octanol–water partition coefficient (Wildman–Crippen LogP) is 0.742. The van der Waals surface area contributed by atoms with Gasteiger partial charge in [0, 0.05) is 5.56 Å². The van der Waals surface area contributed by atoms with Gasteiger partial charge >= 0.3 is 0 Å². The fourth-order valence-electron chi connectivity index (χ4n) is 1.81. The van der Waals surface area contributed by atoms with E-state index in [9.17, 15) is 5.11 Å². The fraction of sp³-hybridized carbons (Fsp3) is 0.0769. The van der Waals surface area contributed by atoms with Crippen molar-refractivity contribution in [2.75, 3.05) is 0 Å². The summed E-state index contributed by atoms with van der Waals surface area (Å²) >= 11 is 0. The summed E-state index contributed by atoms with van der Waals surface area (Å²) in [6.07, 6.45) is 0. The molecule has 1 aliphatic rings. The Labute approximate surface area is 92.4 Å². The first-order valence-corrected chi connectivity index (χ1v) is 5.11. The van der Waals surface area contributed by atoms with Crippen molar-refractivity contribution < 1.29 is 5.11 Å². The lowest BCUT2D eigenvalue weighted by Crippen LogP contribution is -2.19. The second-order valence-corrected chi connectivity index (χ2v) is 3.71. The van der Waals surface area contributed by atoms with E-state index in [1.807, 2.05) is 54.6 Å². The smallest absolute Gasteiger partial charge is 0.283 e. The van der Waals surface area contributed by atoms with Crippen LogP contribution in [0.3, 0.4) is 0 Å². The molecule has 0 saturated carbocycles. The van der Waals surface area contributed by atoms with E-state index in [-0.39, 0.29) is 0 Å².